The molecule has 10 aromatic rings. The van der Waals surface area contributed by atoms with Crippen molar-refractivity contribution in [1.29, 1.82) is 0 Å². The lowest BCUT2D eigenvalue weighted by Crippen LogP contribution is -1.93. The van der Waals surface area contributed by atoms with Gasteiger partial charge < -0.3 is 4.42 Å². The molecule has 1 heterocycles. The number of benzene rings is 9. The first-order valence-electron chi connectivity index (χ1n) is 16.2. The summed E-state index contributed by atoms with van der Waals surface area (Å²) >= 11 is 0. The minimum atomic E-state index is 0.911. The van der Waals surface area contributed by atoms with E-state index in [0.717, 1.165) is 33.1 Å². The Morgan fingerprint density at radius 2 is 0.809 bits per heavy atom. The lowest BCUT2D eigenvalue weighted by Gasteiger charge is -2.20. The fourth-order valence-corrected chi connectivity index (χ4v) is 7.81. The van der Waals surface area contributed by atoms with E-state index in [1.165, 1.54) is 65.3 Å². The van der Waals surface area contributed by atoms with Crippen molar-refractivity contribution in [2.45, 2.75) is 0 Å². The van der Waals surface area contributed by atoms with Gasteiger partial charge in [0.2, 0.25) is 0 Å². The number of hydrogen-bond acceptors (Lipinski definition) is 1. The molecule has 218 valence electrons. The molecule has 0 fully saturated rings. The summed E-state index contributed by atoms with van der Waals surface area (Å²) in [5.41, 5.74) is 9.12. The summed E-state index contributed by atoms with van der Waals surface area (Å²) in [6.07, 6.45) is 0. The molecular formula is C46H28O. The minimum absolute atomic E-state index is 0.911. The monoisotopic (exact) mass is 596 g/mol. The minimum Gasteiger partial charge on any atom is -0.455 e. The van der Waals surface area contributed by atoms with Crippen LogP contribution in [-0.2, 0) is 0 Å². The molecule has 0 bridgehead atoms. The molecule has 0 amide bonds. The van der Waals surface area contributed by atoms with Crippen molar-refractivity contribution in [3.05, 3.63) is 170 Å². The molecule has 10 rings (SSSR count). The third kappa shape index (κ3) is 3.90. The molecule has 0 atom stereocenters. The van der Waals surface area contributed by atoms with E-state index >= 15 is 0 Å². The highest BCUT2D eigenvalue weighted by Crippen LogP contribution is 2.48. The van der Waals surface area contributed by atoms with E-state index in [9.17, 15) is 0 Å². The Morgan fingerprint density at radius 3 is 1.49 bits per heavy atom. The number of rotatable bonds is 3. The third-order valence-corrected chi connectivity index (χ3v) is 9.80. The van der Waals surface area contributed by atoms with Crippen LogP contribution >= 0.6 is 0 Å². The Balaban J connectivity index is 1.38. The zero-order chi connectivity index (χ0) is 30.9. The Kier molecular flexibility index (Phi) is 5.64. The van der Waals surface area contributed by atoms with Crippen LogP contribution in [0.4, 0.5) is 0 Å². The van der Waals surface area contributed by atoms with Gasteiger partial charge in [0.25, 0.3) is 0 Å². The standard InChI is InChI=1S/C46H28O/c1-2-14-29(15-3-1)43-36-21-8-10-23-38(36)45(39-24-11-9-22-37(39)43)40-28-32(26-30-16-4-6-18-33(30)40)44-34-19-7-5-17-31(34)27-41-35-20-12-13-25-42(35)47-46(41)44/h1-28H. The van der Waals surface area contributed by atoms with Crippen LogP contribution in [0.3, 0.4) is 0 Å². The summed E-state index contributed by atoms with van der Waals surface area (Å²) < 4.78 is 6.71. The quantitative estimate of drug-likeness (QED) is 0.185. The number of furan rings is 1. The highest BCUT2D eigenvalue weighted by Gasteiger charge is 2.21. The van der Waals surface area contributed by atoms with Gasteiger partial charge in [0.1, 0.15) is 11.2 Å². The maximum Gasteiger partial charge on any atom is 0.143 e. The second-order valence-corrected chi connectivity index (χ2v) is 12.4. The van der Waals surface area contributed by atoms with Crippen molar-refractivity contribution in [3.63, 3.8) is 0 Å². The van der Waals surface area contributed by atoms with E-state index in [-0.39, 0.29) is 0 Å². The van der Waals surface area contributed by atoms with Gasteiger partial charge in [0, 0.05) is 16.3 Å². The van der Waals surface area contributed by atoms with E-state index in [4.69, 9.17) is 4.42 Å². The summed E-state index contributed by atoms with van der Waals surface area (Å²) in [7, 11) is 0. The van der Waals surface area contributed by atoms with Crippen molar-refractivity contribution in [3.8, 4) is 33.4 Å². The summed E-state index contributed by atoms with van der Waals surface area (Å²) in [4.78, 5) is 0. The first-order chi connectivity index (χ1) is 23.3. The van der Waals surface area contributed by atoms with Crippen LogP contribution in [-0.4, -0.2) is 0 Å². The summed E-state index contributed by atoms with van der Waals surface area (Å²) in [5.74, 6) is 0. The van der Waals surface area contributed by atoms with Gasteiger partial charge >= 0.3 is 0 Å². The Hall–Kier alpha value is -6.18. The molecule has 1 nitrogen and oxygen atoms in total. The van der Waals surface area contributed by atoms with E-state index in [1.54, 1.807) is 0 Å². The van der Waals surface area contributed by atoms with Crippen LogP contribution < -0.4 is 0 Å². The fourth-order valence-electron chi connectivity index (χ4n) is 7.81. The van der Waals surface area contributed by atoms with Gasteiger partial charge in [0.15, 0.2) is 0 Å². The molecule has 0 unspecified atom stereocenters. The second kappa shape index (κ2) is 10.2. The molecule has 0 aliphatic heterocycles. The fraction of sp³-hybridized carbons (Fsp3) is 0. The van der Waals surface area contributed by atoms with E-state index < -0.39 is 0 Å². The third-order valence-electron chi connectivity index (χ3n) is 9.80. The van der Waals surface area contributed by atoms with Crippen LogP contribution in [0.1, 0.15) is 0 Å². The lowest BCUT2D eigenvalue weighted by atomic mass is 9.83. The SMILES string of the molecule is c1ccc(-c2c3ccccc3c(-c3cc(-c4c5ccccc5cc5c4oc4ccccc45)cc4ccccc34)c3ccccc23)cc1. The van der Waals surface area contributed by atoms with Crippen molar-refractivity contribution in [2.75, 3.05) is 0 Å². The van der Waals surface area contributed by atoms with Crippen molar-refractivity contribution >= 4 is 65.0 Å². The molecule has 0 spiro atoms. The Morgan fingerprint density at radius 1 is 0.298 bits per heavy atom. The van der Waals surface area contributed by atoms with Crippen LogP contribution in [0, 0.1) is 0 Å². The highest BCUT2D eigenvalue weighted by atomic mass is 16.3. The van der Waals surface area contributed by atoms with Crippen LogP contribution in [0.2, 0.25) is 0 Å². The number of hydrogen-bond donors (Lipinski definition) is 0. The normalized spacial score (nSPS) is 11.8. The molecule has 9 aromatic carbocycles. The largest absolute Gasteiger partial charge is 0.455 e. The van der Waals surface area contributed by atoms with Crippen molar-refractivity contribution in [2.24, 2.45) is 0 Å². The molecule has 0 saturated carbocycles. The molecule has 0 N–H and O–H groups in total. The molecule has 0 radical (unpaired) electrons. The molecule has 0 aliphatic rings. The average Bonchev–Trinajstić information content (AvgIpc) is 3.50. The van der Waals surface area contributed by atoms with Gasteiger partial charge in [-0.05, 0) is 95.2 Å². The van der Waals surface area contributed by atoms with Gasteiger partial charge in [-0.2, -0.15) is 0 Å². The predicted octanol–water partition coefficient (Wildman–Crippen LogP) is 13.2. The second-order valence-electron chi connectivity index (χ2n) is 12.4. The molecular weight excluding hydrogens is 569 g/mol. The summed E-state index contributed by atoms with van der Waals surface area (Å²) in [5, 5.41) is 12.1. The van der Waals surface area contributed by atoms with Crippen LogP contribution in [0.15, 0.2) is 174 Å². The average molecular weight is 597 g/mol. The number of para-hydroxylation sites is 1. The molecule has 0 saturated heterocycles. The summed E-state index contributed by atoms with van der Waals surface area (Å²) in [6, 6.07) is 61.5. The first-order valence-corrected chi connectivity index (χ1v) is 16.2. The zero-order valence-corrected chi connectivity index (χ0v) is 25.6. The van der Waals surface area contributed by atoms with E-state index in [1.807, 2.05) is 6.07 Å². The molecule has 0 aliphatic carbocycles. The summed E-state index contributed by atoms with van der Waals surface area (Å²) in [6.45, 7) is 0. The van der Waals surface area contributed by atoms with Gasteiger partial charge in [0.05, 0.1) is 0 Å². The predicted molar refractivity (Wildman–Crippen MR) is 200 cm³/mol. The van der Waals surface area contributed by atoms with Gasteiger partial charge in [-0.25, -0.2) is 0 Å². The van der Waals surface area contributed by atoms with Crippen LogP contribution in [0.5, 0.6) is 0 Å². The maximum atomic E-state index is 6.71. The van der Waals surface area contributed by atoms with Gasteiger partial charge in [-0.3, -0.25) is 0 Å². The first kappa shape index (κ1) is 26.1. The van der Waals surface area contributed by atoms with Gasteiger partial charge in [-0.15, -0.1) is 0 Å². The zero-order valence-electron chi connectivity index (χ0n) is 25.6. The Labute approximate surface area is 271 Å². The highest BCUT2D eigenvalue weighted by molar-refractivity contribution is 6.25. The van der Waals surface area contributed by atoms with Crippen LogP contribution in [0.25, 0.3) is 98.4 Å². The Bertz CT molecular complexity index is 2780. The van der Waals surface area contributed by atoms with E-state index in [2.05, 4.69) is 164 Å². The lowest BCUT2D eigenvalue weighted by molar-refractivity contribution is 0.670. The molecule has 1 aromatic heterocycles. The maximum absolute atomic E-state index is 6.71. The molecule has 1 heteroatoms. The topological polar surface area (TPSA) is 13.1 Å². The van der Waals surface area contributed by atoms with Crippen molar-refractivity contribution < 1.29 is 4.42 Å². The molecule has 47 heavy (non-hydrogen) atoms. The van der Waals surface area contributed by atoms with E-state index in [0.29, 0.717) is 0 Å². The number of fused-ring (bicyclic) bond motifs is 7. The smallest absolute Gasteiger partial charge is 0.143 e. The van der Waals surface area contributed by atoms with Crippen molar-refractivity contribution in [1.82, 2.24) is 0 Å². The van der Waals surface area contributed by atoms with Gasteiger partial charge in [-0.1, -0.05) is 146 Å².